The molecule has 7 heteroatoms. The number of nitrogens with zero attached hydrogens (tertiary/aromatic N) is 3. The number of nitrogens with one attached hydrogen (secondary N) is 1. The van der Waals surface area contributed by atoms with Crippen LogP contribution in [0.2, 0.25) is 0 Å². The van der Waals surface area contributed by atoms with Gasteiger partial charge in [0.15, 0.2) is 0 Å². The van der Waals surface area contributed by atoms with E-state index < -0.39 is 0 Å². The standard InChI is InChI=1S/C10H19N5O2/c1-8(10(16)12-5-6-17-2)15-7-9(3-4-11)13-14-15/h7-8H,3-6,11H2,1-2H3,(H,12,16). The molecule has 0 aliphatic heterocycles. The number of rotatable bonds is 7. The molecule has 0 fully saturated rings. The molecule has 0 spiro atoms. The van der Waals surface area contributed by atoms with Gasteiger partial charge in [-0.2, -0.15) is 0 Å². The van der Waals surface area contributed by atoms with Crippen molar-refractivity contribution >= 4 is 5.91 Å². The maximum Gasteiger partial charge on any atom is 0.244 e. The van der Waals surface area contributed by atoms with Gasteiger partial charge in [-0.3, -0.25) is 4.79 Å². The first kappa shape index (κ1) is 13.6. The number of carbonyl (C=O) groups is 1. The molecule has 1 rings (SSSR count). The minimum atomic E-state index is -0.383. The zero-order valence-corrected chi connectivity index (χ0v) is 10.2. The fourth-order valence-corrected chi connectivity index (χ4v) is 1.31. The molecule has 0 aliphatic rings. The van der Waals surface area contributed by atoms with Crippen LogP contribution in [0.4, 0.5) is 0 Å². The van der Waals surface area contributed by atoms with Crippen molar-refractivity contribution in [3.05, 3.63) is 11.9 Å². The minimum Gasteiger partial charge on any atom is -0.383 e. The van der Waals surface area contributed by atoms with E-state index in [0.29, 0.717) is 26.1 Å². The van der Waals surface area contributed by atoms with Crippen LogP contribution in [0.3, 0.4) is 0 Å². The molecule has 0 radical (unpaired) electrons. The zero-order valence-electron chi connectivity index (χ0n) is 10.2. The van der Waals surface area contributed by atoms with Gasteiger partial charge in [-0.25, -0.2) is 4.68 Å². The van der Waals surface area contributed by atoms with Crippen LogP contribution >= 0.6 is 0 Å². The third-order valence-corrected chi connectivity index (χ3v) is 2.34. The van der Waals surface area contributed by atoms with Crippen LogP contribution in [-0.2, 0) is 16.0 Å². The van der Waals surface area contributed by atoms with Crippen LogP contribution in [-0.4, -0.2) is 47.7 Å². The topological polar surface area (TPSA) is 95.1 Å². The van der Waals surface area contributed by atoms with E-state index in [0.717, 1.165) is 5.69 Å². The lowest BCUT2D eigenvalue weighted by Gasteiger charge is -2.11. The zero-order chi connectivity index (χ0) is 12.7. The Hall–Kier alpha value is -1.47. The van der Waals surface area contributed by atoms with E-state index in [-0.39, 0.29) is 11.9 Å². The molecule has 0 aliphatic carbocycles. The second-order valence-electron chi connectivity index (χ2n) is 3.69. The SMILES string of the molecule is COCCNC(=O)C(C)n1cc(CCN)nn1. The first-order valence-electron chi connectivity index (χ1n) is 5.56. The second-order valence-corrected chi connectivity index (χ2v) is 3.69. The molecule has 1 aromatic heterocycles. The van der Waals surface area contributed by atoms with Crippen LogP contribution < -0.4 is 11.1 Å². The predicted octanol–water partition coefficient (Wildman–Crippen LogP) is -0.897. The van der Waals surface area contributed by atoms with Crippen molar-refractivity contribution in [2.45, 2.75) is 19.4 Å². The number of aromatic nitrogens is 3. The van der Waals surface area contributed by atoms with Crippen LogP contribution in [0.5, 0.6) is 0 Å². The maximum absolute atomic E-state index is 11.7. The van der Waals surface area contributed by atoms with Gasteiger partial charge in [0.2, 0.25) is 5.91 Å². The van der Waals surface area contributed by atoms with Crippen LogP contribution in [0, 0.1) is 0 Å². The summed E-state index contributed by atoms with van der Waals surface area (Å²) in [5.41, 5.74) is 6.21. The molecule has 1 heterocycles. The van der Waals surface area contributed by atoms with Gasteiger partial charge in [0.1, 0.15) is 6.04 Å². The van der Waals surface area contributed by atoms with E-state index in [1.165, 1.54) is 4.68 Å². The van der Waals surface area contributed by atoms with Crippen molar-refractivity contribution in [2.75, 3.05) is 26.8 Å². The quantitative estimate of drug-likeness (QED) is 0.603. The van der Waals surface area contributed by atoms with Gasteiger partial charge < -0.3 is 15.8 Å². The summed E-state index contributed by atoms with van der Waals surface area (Å²) < 4.78 is 6.39. The van der Waals surface area contributed by atoms with E-state index in [1.54, 1.807) is 20.2 Å². The monoisotopic (exact) mass is 241 g/mol. The number of methoxy groups -OCH3 is 1. The van der Waals surface area contributed by atoms with Crippen molar-refractivity contribution in [3.8, 4) is 0 Å². The van der Waals surface area contributed by atoms with Gasteiger partial charge in [0, 0.05) is 26.3 Å². The molecule has 0 saturated carbocycles. The Kier molecular flexibility index (Phi) is 5.58. The first-order chi connectivity index (χ1) is 8.19. The Morgan fingerprint density at radius 3 is 3.12 bits per heavy atom. The lowest BCUT2D eigenvalue weighted by atomic mass is 10.3. The number of amides is 1. The van der Waals surface area contributed by atoms with Crippen LogP contribution in [0.25, 0.3) is 0 Å². The van der Waals surface area contributed by atoms with Crippen LogP contribution in [0.15, 0.2) is 6.20 Å². The number of hydrogen-bond acceptors (Lipinski definition) is 5. The third kappa shape index (κ3) is 4.12. The molecule has 96 valence electrons. The second kappa shape index (κ2) is 6.97. The number of carbonyl (C=O) groups excluding carboxylic acids is 1. The largest absolute Gasteiger partial charge is 0.383 e. The highest BCUT2D eigenvalue weighted by molar-refractivity contribution is 5.79. The third-order valence-electron chi connectivity index (χ3n) is 2.34. The van der Waals surface area contributed by atoms with Crippen molar-refractivity contribution in [3.63, 3.8) is 0 Å². The number of hydrogen-bond donors (Lipinski definition) is 2. The summed E-state index contributed by atoms with van der Waals surface area (Å²) in [7, 11) is 1.59. The van der Waals surface area contributed by atoms with Crippen molar-refractivity contribution < 1.29 is 9.53 Å². The molecule has 1 amide bonds. The Bertz CT molecular complexity index is 352. The summed E-state index contributed by atoms with van der Waals surface area (Å²) in [6.07, 6.45) is 2.41. The van der Waals surface area contributed by atoms with E-state index in [4.69, 9.17) is 10.5 Å². The first-order valence-corrected chi connectivity index (χ1v) is 5.56. The van der Waals surface area contributed by atoms with E-state index in [9.17, 15) is 4.79 Å². The van der Waals surface area contributed by atoms with Gasteiger partial charge in [-0.05, 0) is 13.5 Å². The average molecular weight is 241 g/mol. The highest BCUT2D eigenvalue weighted by atomic mass is 16.5. The Morgan fingerprint density at radius 1 is 1.71 bits per heavy atom. The van der Waals surface area contributed by atoms with Gasteiger partial charge in [-0.1, -0.05) is 5.21 Å². The van der Waals surface area contributed by atoms with E-state index in [1.807, 2.05) is 0 Å². The summed E-state index contributed by atoms with van der Waals surface area (Å²) >= 11 is 0. The lowest BCUT2D eigenvalue weighted by molar-refractivity contribution is -0.124. The smallest absolute Gasteiger partial charge is 0.244 e. The van der Waals surface area contributed by atoms with Gasteiger partial charge in [0.05, 0.1) is 12.3 Å². The summed E-state index contributed by atoms with van der Waals surface area (Å²) in [5.74, 6) is -0.105. The highest BCUT2D eigenvalue weighted by Gasteiger charge is 2.15. The molecule has 1 aromatic rings. The van der Waals surface area contributed by atoms with Crippen molar-refractivity contribution in [1.82, 2.24) is 20.3 Å². The normalized spacial score (nSPS) is 12.4. The molecular weight excluding hydrogens is 222 g/mol. The van der Waals surface area contributed by atoms with E-state index >= 15 is 0 Å². The lowest BCUT2D eigenvalue weighted by Crippen LogP contribution is -2.33. The molecular formula is C10H19N5O2. The van der Waals surface area contributed by atoms with Gasteiger partial charge >= 0.3 is 0 Å². The molecule has 1 atom stereocenters. The van der Waals surface area contributed by atoms with Crippen molar-refractivity contribution in [1.29, 1.82) is 0 Å². The van der Waals surface area contributed by atoms with Crippen molar-refractivity contribution in [2.24, 2.45) is 5.73 Å². The number of ether oxygens (including phenoxy) is 1. The predicted molar refractivity (Wildman–Crippen MR) is 62.4 cm³/mol. The Balaban J connectivity index is 2.49. The Morgan fingerprint density at radius 2 is 2.47 bits per heavy atom. The molecule has 7 nitrogen and oxygen atoms in total. The average Bonchev–Trinajstić information content (AvgIpc) is 2.77. The summed E-state index contributed by atoms with van der Waals surface area (Å²) in [6, 6.07) is -0.383. The molecule has 0 bridgehead atoms. The van der Waals surface area contributed by atoms with Gasteiger partial charge in [-0.15, -0.1) is 5.10 Å². The highest BCUT2D eigenvalue weighted by Crippen LogP contribution is 2.04. The maximum atomic E-state index is 11.7. The minimum absolute atomic E-state index is 0.105. The Labute approximate surface area is 100 Å². The fourth-order valence-electron chi connectivity index (χ4n) is 1.31. The molecule has 17 heavy (non-hydrogen) atoms. The van der Waals surface area contributed by atoms with Crippen LogP contribution in [0.1, 0.15) is 18.7 Å². The summed E-state index contributed by atoms with van der Waals surface area (Å²) in [5, 5.41) is 10.6. The van der Waals surface area contributed by atoms with E-state index in [2.05, 4.69) is 15.6 Å². The summed E-state index contributed by atoms with van der Waals surface area (Å²) in [4.78, 5) is 11.7. The molecule has 0 aromatic carbocycles. The molecule has 1 unspecified atom stereocenters. The van der Waals surface area contributed by atoms with Gasteiger partial charge in [0.25, 0.3) is 0 Å². The fraction of sp³-hybridized carbons (Fsp3) is 0.700. The molecule has 0 saturated heterocycles. The number of nitrogens with two attached hydrogens (primary N) is 1. The molecule has 3 N–H and O–H groups in total. The summed E-state index contributed by atoms with van der Waals surface area (Å²) in [6.45, 7) is 3.27.